The number of aryl methyl sites for hydroxylation is 2. The van der Waals surface area contributed by atoms with Crippen LogP contribution >= 0.6 is 0 Å². The summed E-state index contributed by atoms with van der Waals surface area (Å²) in [6.07, 6.45) is 19.9. The number of hydrogen-bond donors (Lipinski definition) is 2. The highest BCUT2D eigenvalue weighted by Crippen LogP contribution is 2.55. The zero-order valence-electron chi connectivity index (χ0n) is 29.2. The summed E-state index contributed by atoms with van der Waals surface area (Å²) in [7, 11) is 0. The molecule has 0 saturated heterocycles. The molecule has 2 heterocycles. The first-order valence-corrected chi connectivity index (χ1v) is 18.2. The molecular weight excluding hydrogens is 568 g/mol. The number of fused-ring (bicyclic) bond motifs is 5. The summed E-state index contributed by atoms with van der Waals surface area (Å²) in [6, 6.07) is 8.34. The Morgan fingerprint density at radius 3 is 2.22 bits per heavy atom. The van der Waals surface area contributed by atoms with E-state index >= 15 is 0 Å². The second-order valence-corrected chi connectivity index (χ2v) is 15.5. The molecule has 0 radical (unpaired) electrons. The summed E-state index contributed by atoms with van der Waals surface area (Å²) < 4.78 is 13.4. The Bertz CT molecular complexity index is 1560. The first-order chi connectivity index (χ1) is 22.0. The quantitative estimate of drug-likeness (QED) is 0.193. The molecule has 2 aliphatic heterocycles. The molecule has 2 unspecified atom stereocenters. The molecule has 0 saturated carbocycles. The van der Waals surface area contributed by atoms with Crippen molar-refractivity contribution < 1.29 is 19.7 Å². The smallest absolute Gasteiger partial charge is 0.132 e. The van der Waals surface area contributed by atoms with Crippen LogP contribution in [0.3, 0.4) is 0 Å². The fourth-order valence-electron chi connectivity index (χ4n) is 8.77. The average molecular weight is 625 g/mol. The molecule has 0 bridgehead atoms. The molecule has 2 aromatic carbocycles. The number of phenols is 2. The second-order valence-electron chi connectivity index (χ2n) is 15.5. The van der Waals surface area contributed by atoms with Crippen molar-refractivity contribution in [3.8, 4) is 23.0 Å². The van der Waals surface area contributed by atoms with Gasteiger partial charge in [-0.15, -0.1) is 0 Å². The van der Waals surface area contributed by atoms with Crippen LogP contribution in [0.15, 0.2) is 53.1 Å². The highest BCUT2D eigenvalue weighted by atomic mass is 16.5. The minimum absolute atomic E-state index is 0.218. The number of phenolic OH excluding ortho intramolecular Hbond substituents is 2. The van der Waals surface area contributed by atoms with E-state index in [1.165, 1.54) is 35.1 Å². The van der Waals surface area contributed by atoms with Gasteiger partial charge in [-0.05, 0) is 145 Å². The number of aromatic hydroxyl groups is 2. The van der Waals surface area contributed by atoms with Crippen LogP contribution in [-0.4, -0.2) is 21.4 Å². The molecule has 4 aliphatic rings. The zero-order chi connectivity index (χ0) is 32.6. The van der Waals surface area contributed by atoms with Gasteiger partial charge in [-0.25, -0.2) is 0 Å². The van der Waals surface area contributed by atoms with E-state index in [0.717, 1.165) is 111 Å². The van der Waals surface area contributed by atoms with Gasteiger partial charge in [0.05, 0.1) is 5.56 Å². The summed E-state index contributed by atoms with van der Waals surface area (Å²) >= 11 is 0. The lowest BCUT2D eigenvalue weighted by molar-refractivity contribution is -0.0149. The van der Waals surface area contributed by atoms with Gasteiger partial charge in [0.15, 0.2) is 0 Å². The fourth-order valence-corrected chi connectivity index (χ4v) is 8.77. The van der Waals surface area contributed by atoms with E-state index in [9.17, 15) is 10.2 Å². The number of ether oxygens (including phenoxy) is 2. The van der Waals surface area contributed by atoms with Crippen LogP contribution in [0.25, 0.3) is 5.57 Å². The van der Waals surface area contributed by atoms with Gasteiger partial charge in [-0.3, -0.25) is 0 Å². The average Bonchev–Trinajstić information content (AvgIpc) is 2.98. The maximum Gasteiger partial charge on any atom is 0.132 e. The molecule has 3 atom stereocenters. The van der Waals surface area contributed by atoms with Gasteiger partial charge < -0.3 is 19.7 Å². The minimum atomic E-state index is -0.358. The molecule has 0 amide bonds. The lowest BCUT2D eigenvalue weighted by Gasteiger charge is -2.48. The molecule has 0 aromatic heterocycles. The first kappa shape index (κ1) is 32.8. The lowest BCUT2D eigenvalue weighted by atomic mass is 9.66. The molecule has 4 heteroatoms. The minimum Gasteiger partial charge on any atom is -0.507 e. The summed E-state index contributed by atoms with van der Waals surface area (Å²) in [5.74, 6) is 3.07. The molecule has 0 spiro atoms. The second kappa shape index (κ2) is 13.2. The maximum atomic E-state index is 11.2. The van der Waals surface area contributed by atoms with Crippen LogP contribution in [0.2, 0.25) is 0 Å². The van der Waals surface area contributed by atoms with Crippen molar-refractivity contribution in [3.05, 3.63) is 75.4 Å². The summed E-state index contributed by atoms with van der Waals surface area (Å²) in [5, 5.41) is 22.3. The van der Waals surface area contributed by atoms with E-state index in [0.29, 0.717) is 17.4 Å². The Morgan fingerprint density at radius 2 is 1.46 bits per heavy atom. The number of allylic oxidation sites excluding steroid dienone is 5. The van der Waals surface area contributed by atoms with Crippen LogP contribution in [-0.2, 0) is 12.8 Å². The van der Waals surface area contributed by atoms with Gasteiger partial charge in [0, 0.05) is 17.4 Å². The number of hydrogen-bond acceptors (Lipinski definition) is 4. The molecule has 2 N–H and O–H groups in total. The number of benzene rings is 2. The Hall–Kier alpha value is -3.14. The van der Waals surface area contributed by atoms with E-state index < -0.39 is 0 Å². The SMILES string of the molecule is CCCCCc1cc(O)c2c(c1)OC(C)(CCCCCCc1cc(O)c3c(c1)OC(C)(C)C1=C3C=C(C)CC1)[C@@H]1CCC(C)=CC21. The zero-order valence-corrected chi connectivity index (χ0v) is 29.2. The third kappa shape index (κ3) is 6.51. The van der Waals surface area contributed by atoms with Crippen LogP contribution in [0.1, 0.15) is 147 Å². The molecule has 248 valence electrons. The predicted molar refractivity (Wildman–Crippen MR) is 189 cm³/mol. The molecule has 46 heavy (non-hydrogen) atoms. The summed E-state index contributed by atoms with van der Waals surface area (Å²) in [4.78, 5) is 0. The topological polar surface area (TPSA) is 58.9 Å². The van der Waals surface area contributed by atoms with Gasteiger partial charge in [-0.1, -0.05) is 55.9 Å². The standard InChI is InChI=1S/C42H56O4/c1-7-8-11-14-29-23-36(44)40-32-22-28(3)17-19-34(32)42(6,46-38(40)26-29)20-13-10-9-12-15-30-24-35(43)39-31-21-27(2)16-18-33(31)41(4,5)45-37(39)25-30/h21-26,32,34,43-44H,7-20H2,1-6H3/t32?,34-,42?/m1/s1. The molecule has 0 fully saturated rings. The number of unbranched alkanes of at least 4 members (excludes halogenated alkanes) is 5. The first-order valence-electron chi connectivity index (χ1n) is 18.2. The largest absolute Gasteiger partial charge is 0.507 e. The predicted octanol–water partition coefficient (Wildman–Crippen LogP) is 11.3. The van der Waals surface area contributed by atoms with Crippen molar-refractivity contribution in [3.63, 3.8) is 0 Å². The van der Waals surface area contributed by atoms with Gasteiger partial charge in [0.25, 0.3) is 0 Å². The van der Waals surface area contributed by atoms with Crippen molar-refractivity contribution in [1.82, 2.24) is 0 Å². The monoisotopic (exact) mass is 624 g/mol. The Labute approximate surface area is 277 Å². The molecule has 6 rings (SSSR count). The van der Waals surface area contributed by atoms with Crippen LogP contribution in [0.4, 0.5) is 0 Å². The van der Waals surface area contributed by atoms with Crippen molar-refractivity contribution in [1.29, 1.82) is 0 Å². The van der Waals surface area contributed by atoms with Gasteiger partial charge >= 0.3 is 0 Å². The van der Waals surface area contributed by atoms with E-state index in [1.54, 1.807) is 0 Å². The van der Waals surface area contributed by atoms with Crippen molar-refractivity contribution >= 4 is 5.57 Å². The Morgan fingerprint density at radius 1 is 0.761 bits per heavy atom. The van der Waals surface area contributed by atoms with Crippen molar-refractivity contribution in [2.45, 2.75) is 149 Å². The van der Waals surface area contributed by atoms with E-state index in [-0.39, 0.29) is 17.1 Å². The maximum absolute atomic E-state index is 11.2. The van der Waals surface area contributed by atoms with E-state index in [1.807, 2.05) is 12.1 Å². The van der Waals surface area contributed by atoms with Gasteiger partial charge in [0.2, 0.25) is 0 Å². The van der Waals surface area contributed by atoms with Crippen LogP contribution in [0, 0.1) is 5.92 Å². The van der Waals surface area contributed by atoms with Gasteiger partial charge in [0.1, 0.15) is 34.2 Å². The van der Waals surface area contributed by atoms with Gasteiger partial charge in [-0.2, -0.15) is 0 Å². The molecule has 2 aromatic rings. The lowest BCUT2D eigenvalue weighted by Crippen LogP contribution is -2.47. The van der Waals surface area contributed by atoms with E-state index in [2.05, 4.69) is 65.8 Å². The fraction of sp³-hybridized carbons (Fsp3) is 0.571. The normalized spacial score (nSPS) is 24.5. The summed E-state index contributed by atoms with van der Waals surface area (Å²) in [5.41, 5.74) is 8.85. The third-order valence-electron chi connectivity index (χ3n) is 11.3. The van der Waals surface area contributed by atoms with Crippen LogP contribution < -0.4 is 9.47 Å². The molecular formula is C42H56O4. The van der Waals surface area contributed by atoms with Crippen molar-refractivity contribution in [2.75, 3.05) is 0 Å². The number of rotatable bonds is 11. The molecule has 4 nitrogen and oxygen atoms in total. The van der Waals surface area contributed by atoms with Crippen molar-refractivity contribution in [2.24, 2.45) is 5.92 Å². The summed E-state index contributed by atoms with van der Waals surface area (Å²) in [6.45, 7) is 13.3. The van der Waals surface area contributed by atoms with E-state index in [4.69, 9.17) is 9.47 Å². The highest BCUT2D eigenvalue weighted by Gasteiger charge is 2.47. The third-order valence-corrected chi connectivity index (χ3v) is 11.3. The molecule has 2 aliphatic carbocycles. The van der Waals surface area contributed by atoms with Crippen LogP contribution in [0.5, 0.6) is 23.0 Å². The highest BCUT2D eigenvalue weighted by molar-refractivity contribution is 5.87. The Balaban J connectivity index is 1.08. The Kier molecular flexibility index (Phi) is 9.38.